The van der Waals surface area contributed by atoms with Crippen molar-refractivity contribution in [3.63, 3.8) is 0 Å². The van der Waals surface area contributed by atoms with Gasteiger partial charge in [0, 0.05) is 6.07 Å². The van der Waals surface area contributed by atoms with E-state index >= 15 is 0 Å². The highest BCUT2D eigenvalue weighted by atomic mass is 16.5. The Balaban J connectivity index is 1.84. The summed E-state index contributed by atoms with van der Waals surface area (Å²) >= 11 is 0. The summed E-state index contributed by atoms with van der Waals surface area (Å²) in [4.78, 5) is 15.4. The first-order valence-electron chi connectivity index (χ1n) is 8.22. The van der Waals surface area contributed by atoms with Gasteiger partial charge in [0.25, 0.3) is 0 Å². The topological polar surface area (TPSA) is 68.7 Å². The van der Waals surface area contributed by atoms with Crippen molar-refractivity contribution < 1.29 is 19.4 Å². The second kappa shape index (κ2) is 8.16. The monoisotopic (exact) mass is 349 g/mol. The molecular formula is C21H19NO4. The summed E-state index contributed by atoms with van der Waals surface area (Å²) in [6.45, 7) is 2.37. The van der Waals surface area contributed by atoms with Crippen LogP contribution in [0.3, 0.4) is 0 Å². The van der Waals surface area contributed by atoms with Gasteiger partial charge in [-0.25, -0.2) is 9.78 Å². The van der Waals surface area contributed by atoms with E-state index in [1.807, 2.05) is 60.7 Å². The van der Waals surface area contributed by atoms with Crippen LogP contribution in [-0.2, 0) is 13.2 Å². The predicted octanol–water partition coefficient (Wildman–Crippen LogP) is 4.25. The van der Waals surface area contributed by atoms with Crippen molar-refractivity contribution in [3.05, 3.63) is 89.2 Å². The molecule has 0 aliphatic carbocycles. The van der Waals surface area contributed by atoms with Gasteiger partial charge in [-0.3, -0.25) is 0 Å². The fraction of sp³-hybridized carbons (Fsp3) is 0.143. The van der Waals surface area contributed by atoms with E-state index in [1.54, 1.807) is 6.92 Å². The molecule has 3 aromatic rings. The Hall–Kier alpha value is -3.34. The van der Waals surface area contributed by atoms with Gasteiger partial charge in [-0.15, -0.1) is 0 Å². The molecule has 132 valence electrons. The van der Waals surface area contributed by atoms with Crippen molar-refractivity contribution >= 4 is 5.97 Å². The zero-order valence-corrected chi connectivity index (χ0v) is 14.4. The Morgan fingerprint density at radius 3 is 2.00 bits per heavy atom. The Bertz CT molecular complexity index is 879. The van der Waals surface area contributed by atoms with Crippen LogP contribution < -0.4 is 9.47 Å². The molecule has 0 unspecified atom stereocenters. The lowest BCUT2D eigenvalue weighted by molar-refractivity contribution is 0.0689. The second-order valence-corrected chi connectivity index (χ2v) is 5.77. The van der Waals surface area contributed by atoms with E-state index in [1.165, 1.54) is 6.07 Å². The third-order valence-corrected chi connectivity index (χ3v) is 3.79. The average Bonchev–Trinajstić information content (AvgIpc) is 2.66. The van der Waals surface area contributed by atoms with Gasteiger partial charge >= 0.3 is 5.97 Å². The molecule has 0 fully saturated rings. The number of hydrogen-bond donors (Lipinski definition) is 1. The van der Waals surface area contributed by atoms with Gasteiger partial charge in [-0.05, 0) is 18.1 Å². The van der Waals surface area contributed by atoms with Crippen molar-refractivity contribution in [2.24, 2.45) is 0 Å². The molecule has 26 heavy (non-hydrogen) atoms. The molecule has 5 nitrogen and oxygen atoms in total. The maximum absolute atomic E-state index is 11.3. The van der Waals surface area contributed by atoms with E-state index in [0.717, 1.165) is 11.1 Å². The first kappa shape index (κ1) is 17.5. The van der Waals surface area contributed by atoms with E-state index in [-0.39, 0.29) is 5.69 Å². The third kappa shape index (κ3) is 4.39. The molecule has 0 saturated carbocycles. The molecule has 0 saturated heterocycles. The van der Waals surface area contributed by atoms with E-state index in [9.17, 15) is 9.90 Å². The second-order valence-electron chi connectivity index (χ2n) is 5.77. The quantitative estimate of drug-likeness (QED) is 0.691. The van der Waals surface area contributed by atoms with Crippen LogP contribution in [-0.4, -0.2) is 16.1 Å². The van der Waals surface area contributed by atoms with Crippen LogP contribution in [0.1, 0.15) is 27.3 Å². The number of aromatic nitrogens is 1. The van der Waals surface area contributed by atoms with Crippen molar-refractivity contribution in [2.75, 3.05) is 0 Å². The summed E-state index contributed by atoms with van der Waals surface area (Å²) in [6, 6.07) is 20.8. The number of aromatic carboxylic acids is 1. The van der Waals surface area contributed by atoms with E-state index in [2.05, 4.69) is 4.98 Å². The van der Waals surface area contributed by atoms with Crippen molar-refractivity contribution in [1.29, 1.82) is 0 Å². The van der Waals surface area contributed by atoms with Crippen molar-refractivity contribution in [3.8, 4) is 11.5 Å². The summed E-state index contributed by atoms with van der Waals surface area (Å²) in [6.07, 6.45) is 0. The van der Waals surface area contributed by atoms with Gasteiger partial charge in [0.2, 0.25) is 0 Å². The molecule has 1 N–H and O–H groups in total. The fourth-order valence-electron chi connectivity index (χ4n) is 2.49. The van der Waals surface area contributed by atoms with E-state index in [0.29, 0.717) is 30.4 Å². The Labute approximate surface area is 151 Å². The molecule has 3 rings (SSSR count). The van der Waals surface area contributed by atoms with Crippen LogP contribution in [0.2, 0.25) is 0 Å². The predicted molar refractivity (Wildman–Crippen MR) is 97.5 cm³/mol. The number of nitrogens with zero attached hydrogens (tertiary/aromatic N) is 1. The highest BCUT2D eigenvalue weighted by Gasteiger charge is 2.16. The molecule has 2 aromatic carbocycles. The highest BCUT2D eigenvalue weighted by molar-refractivity contribution is 5.86. The van der Waals surface area contributed by atoms with Gasteiger partial charge < -0.3 is 14.6 Å². The Morgan fingerprint density at radius 1 is 0.923 bits per heavy atom. The van der Waals surface area contributed by atoms with Crippen LogP contribution in [0.25, 0.3) is 0 Å². The average molecular weight is 349 g/mol. The minimum Gasteiger partial charge on any atom is -0.485 e. The maximum atomic E-state index is 11.3. The van der Waals surface area contributed by atoms with Crippen LogP contribution in [0, 0.1) is 6.92 Å². The number of hydrogen-bond acceptors (Lipinski definition) is 4. The van der Waals surface area contributed by atoms with Crippen LogP contribution in [0.4, 0.5) is 0 Å². The third-order valence-electron chi connectivity index (χ3n) is 3.79. The molecule has 0 spiro atoms. The number of carbonyl (C=O) groups is 1. The first-order chi connectivity index (χ1) is 12.6. The van der Waals surface area contributed by atoms with E-state index < -0.39 is 5.97 Å². The zero-order valence-electron chi connectivity index (χ0n) is 14.4. The molecule has 1 aromatic heterocycles. The number of carboxylic acids is 1. The zero-order chi connectivity index (χ0) is 18.4. The molecule has 5 heteroatoms. The van der Waals surface area contributed by atoms with Crippen molar-refractivity contribution in [2.45, 2.75) is 20.1 Å². The first-order valence-corrected chi connectivity index (χ1v) is 8.22. The van der Waals surface area contributed by atoms with Crippen LogP contribution in [0.5, 0.6) is 11.5 Å². The van der Waals surface area contributed by atoms with Gasteiger partial charge in [0.1, 0.15) is 13.2 Å². The Kier molecular flexibility index (Phi) is 5.49. The largest absolute Gasteiger partial charge is 0.485 e. The molecule has 0 bridgehead atoms. The van der Waals surface area contributed by atoms with Gasteiger partial charge in [0.05, 0.1) is 5.69 Å². The van der Waals surface area contributed by atoms with Gasteiger partial charge in [0.15, 0.2) is 17.2 Å². The normalized spacial score (nSPS) is 10.3. The molecule has 0 atom stereocenters. The van der Waals surface area contributed by atoms with Gasteiger partial charge in [-0.2, -0.15) is 0 Å². The molecule has 1 heterocycles. The Morgan fingerprint density at radius 2 is 1.46 bits per heavy atom. The number of ether oxygens (including phenoxy) is 2. The molecule has 0 amide bonds. The summed E-state index contributed by atoms with van der Waals surface area (Å²) in [5.74, 6) is -0.281. The summed E-state index contributed by atoms with van der Waals surface area (Å²) < 4.78 is 11.8. The minimum atomic E-state index is -1.10. The minimum absolute atomic E-state index is 0.0716. The standard InChI is InChI=1S/C21H19NO4/c1-15-20(26-14-17-10-6-3-7-11-17)19(12-18(22-15)21(23)24)25-13-16-8-4-2-5-9-16/h2-12H,13-14H2,1H3,(H,23,24). The lowest BCUT2D eigenvalue weighted by Crippen LogP contribution is -2.07. The molecule has 0 radical (unpaired) electrons. The molecular weight excluding hydrogens is 330 g/mol. The number of carboxylic acid groups (broad SMARTS) is 1. The lowest BCUT2D eigenvalue weighted by atomic mass is 10.2. The number of benzene rings is 2. The summed E-state index contributed by atoms with van der Waals surface area (Å²) in [5, 5.41) is 9.26. The smallest absolute Gasteiger partial charge is 0.354 e. The highest BCUT2D eigenvalue weighted by Crippen LogP contribution is 2.32. The number of aryl methyl sites for hydroxylation is 1. The van der Waals surface area contributed by atoms with Crippen LogP contribution in [0.15, 0.2) is 66.7 Å². The molecule has 0 aliphatic heterocycles. The maximum Gasteiger partial charge on any atom is 0.354 e. The van der Waals surface area contributed by atoms with Crippen LogP contribution >= 0.6 is 0 Å². The summed E-state index contributed by atoms with van der Waals surface area (Å²) in [7, 11) is 0. The fourth-order valence-corrected chi connectivity index (χ4v) is 2.49. The van der Waals surface area contributed by atoms with Crippen molar-refractivity contribution in [1.82, 2.24) is 4.98 Å². The summed E-state index contributed by atoms with van der Waals surface area (Å²) in [5.41, 5.74) is 2.39. The van der Waals surface area contributed by atoms with Gasteiger partial charge in [-0.1, -0.05) is 60.7 Å². The SMILES string of the molecule is Cc1nc(C(=O)O)cc(OCc2ccccc2)c1OCc1ccccc1. The number of pyridine rings is 1. The van der Waals surface area contributed by atoms with E-state index in [4.69, 9.17) is 9.47 Å². The molecule has 0 aliphatic rings. The lowest BCUT2D eigenvalue weighted by Gasteiger charge is -2.15. The number of rotatable bonds is 7.